The highest BCUT2D eigenvalue weighted by Crippen LogP contribution is 2.30. The van der Waals surface area contributed by atoms with Crippen molar-refractivity contribution in [1.82, 2.24) is 0 Å². The molecule has 0 bridgehead atoms. The van der Waals surface area contributed by atoms with Gasteiger partial charge in [-0.05, 0) is 18.4 Å². The second-order valence-corrected chi connectivity index (χ2v) is 3.42. The van der Waals surface area contributed by atoms with Crippen molar-refractivity contribution in [3.05, 3.63) is 22.4 Å². The second-order valence-electron chi connectivity index (χ2n) is 2.47. The number of rotatable bonds is 2. The average Bonchev–Trinajstić information content (AvgIpc) is 2.55. The molecule has 1 atom stereocenters. The van der Waals surface area contributed by atoms with Gasteiger partial charge in [-0.15, -0.1) is 11.3 Å². The third kappa shape index (κ3) is 1.48. The van der Waals surface area contributed by atoms with E-state index in [1.807, 2.05) is 0 Å². The van der Waals surface area contributed by atoms with Crippen LogP contribution in [0, 0.1) is 0 Å². The third-order valence-corrected chi connectivity index (χ3v) is 2.62. The number of alkyl halides is 1. The third-order valence-electron chi connectivity index (χ3n) is 1.55. The standard InChI is InChI=1S/C8H9FO2S/c1-8(9,7(10)11-2)6-4-3-5-12-6/h3-5H,1-2H3. The van der Waals surface area contributed by atoms with Crippen LogP contribution in [0.15, 0.2) is 17.5 Å². The molecule has 0 aliphatic carbocycles. The van der Waals surface area contributed by atoms with Gasteiger partial charge in [0.2, 0.25) is 5.67 Å². The second kappa shape index (κ2) is 3.23. The Labute approximate surface area is 74.0 Å². The molecule has 1 aromatic heterocycles. The maximum Gasteiger partial charge on any atom is 0.348 e. The number of methoxy groups -OCH3 is 1. The van der Waals surface area contributed by atoms with Crippen molar-refractivity contribution in [2.24, 2.45) is 0 Å². The summed E-state index contributed by atoms with van der Waals surface area (Å²) in [5.41, 5.74) is -2.01. The number of hydrogen-bond donors (Lipinski definition) is 0. The van der Waals surface area contributed by atoms with E-state index in [0.29, 0.717) is 4.88 Å². The SMILES string of the molecule is COC(=O)C(C)(F)c1cccs1. The molecule has 0 aliphatic rings. The molecule has 0 N–H and O–H groups in total. The van der Waals surface area contributed by atoms with Crippen LogP contribution in [-0.2, 0) is 15.2 Å². The summed E-state index contributed by atoms with van der Waals surface area (Å²) < 4.78 is 17.9. The largest absolute Gasteiger partial charge is 0.466 e. The van der Waals surface area contributed by atoms with Crippen LogP contribution in [0.2, 0.25) is 0 Å². The van der Waals surface area contributed by atoms with Crippen molar-refractivity contribution in [2.45, 2.75) is 12.6 Å². The lowest BCUT2D eigenvalue weighted by molar-refractivity contribution is -0.153. The van der Waals surface area contributed by atoms with E-state index in [0.717, 1.165) is 0 Å². The van der Waals surface area contributed by atoms with Gasteiger partial charge in [-0.2, -0.15) is 0 Å². The predicted molar refractivity (Wildman–Crippen MR) is 44.8 cm³/mol. The molecule has 2 nitrogen and oxygen atoms in total. The average molecular weight is 188 g/mol. The molecule has 0 aliphatic heterocycles. The molecule has 66 valence electrons. The number of thiophene rings is 1. The maximum absolute atomic E-state index is 13.6. The zero-order valence-corrected chi connectivity index (χ0v) is 7.65. The Bertz CT molecular complexity index is 267. The molecule has 1 rings (SSSR count). The Kier molecular flexibility index (Phi) is 2.47. The normalized spacial score (nSPS) is 15.2. The van der Waals surface area contributed by atoms with E-state index in [9.17, 15) is 9.18 Å². The van der Waals surface area contributed by atoms with Crippen molar-refractivity contribution in [1.29, 1.82) is 0 Å². The van der Waals surface area contributed by atoms with Crippen LogP contribution in [-0.4, -0.2) is 13.1 Å². The van der Waals surface area contributed by atoms with E-state index >= 15 is 0 Å². The topological polar surface area (TPSA) is 26.3 Å². The molecule has 1 aromatic rings. The van der Waals surface area contributed by atoms with Gasteiger partial charge in [-0.25, -0.2) is 9.18 Å². The first-order valence-electron chi connectivity index (χ1n) is 3.40. The van der Waals surface area contributed by atoms with Gasteiger partial charge in [0, 0.05) is 0 Å². The Morgan fingerprint density at radius 2 is 2.42 bits per heavy atom. The number of carbonyl (C=O) groups is 1. The van der Waals surface area contributed by atoms with Crippen LogP contribution in [0.1, 0.15) is 11.8 Å². The summed E-state index contributed by atoms with van der Waals surface area (Å²) in [7, 11) is 1.17. The van der Waals surface area contributed by atoms with Crippen LogP contribution < -0.4 is 0 Å². The van der Waals surface area contributed by atoms with Crippen molar-refractivity contribution in [3.8, 4) is 0 Å². The quantitative estimate of drug-likeness (QED) is 0.664. The number of esters is 1. The zero-order valence-electron chi connectivity index (χ0n) is 6.83. The van der Waals surface area contributed by atoms with Gasteiger partial charge in [0.15, 0.2) is 0 Å². The van der Waals surface area contributed by atoms with Crippen LogP contribution in [0.3, 0.4) is 0 Å². The molecule has 1 heterocycles. The summed E-state index contributed by atoms with van der Waals surface area (Å²) in [6, 6.07) is 3.27. The first-order chi connectivity index (χ1) is 5.59. The number of ether oxygens (including phenoxy) is 1. The fourth-order valence-corrected chi connectivity index (χ4v) is 1.60. The van der Waals surface area contributed by atoms with Gasteiger partial charge in [0.25, 0.3) is 0 Å². The zero-order chi connectivity index (χ0) is 9.19. The van der Waals surface area contributed by atoms with Crippen molar-refractivity contribution in [3.63, 3.8) is 0 Å². The first kappa shape index (κ1) is 9.19. The van der Waals surface area contributed by atoms with Gasteiger partial charge in [-0.3, -0.25) is 0 Å². The van der Waals surface area contributed by atoms with Crippen molar-refractivity contribution in [2.75, 3.05) is 7.11 Å². The minimum Gasteiger partial charge on any atom is -0.466 e. The molecule has 0 saturated carbocycles. The van der Waals surface area contributed by atoms with Crippen LogP contribution in [0.5, 0.6) is 0 Å². The Balaban J connectivity index is 2.93. The van der Waals surface area contributed by atoms with Crippen molar-refractivity contribution >= 4 is 17.3 Å². The molecular formula is C8H9FO2S. The number of halogens is 1. The highest BCUT2D eigenvalue weighted by molar-refractivity contribution is 7.10. The van der Waals surface area contributed by atoms with E-state index in [2.05, 4.69) is 4.74 Å². The molecule has 0 amide bonds. The molecule has 0 saturated heterocycles. The first-order valence-corrected chi connectivity index (χ1v) is 4.28. The minimum atomic E-state index is -2.01. The lowest BCUT2D eigenvalue weighted by Gasteiger charge is -2.14. The maximum atomic E-state index is 13.6. The van der Waals surface area contributed by atoms with E-state index in [1.165, 1.54) is 25.4 Å². The van der Waals surface area contributed by atoms with E-state index in [1.54, 1.807) is 17.5 Å². The predicted octanol–water partition coefficient (Wildman–Crippen LogP) is 2.11. The molecular weight excluding hydrogens is 179 g/mol. The molecule has 0 radical (unpaired) electrons. The highest BCUT2D eigenvalue weighted by Gasteiger charge is 2.37. The van der Waals surface area contributed by atoms with Gasteiger partial charge in [0.05, 0.1) is 12.0 Å². The van der Waals surface area contributed by atoms with Gasteiger partial charge in [0.1, 0.15) is 0 Å². The fraction of sp³-hybridized carbons (Fsp3) is 0.375. The molecule has 4 heteroatoms. The van der Waals surface area contributed by atoms with E-state index in [4.69, 9.17) is 0 Å². The lowest BCUT2D eigenvalue weighted by Crippen LogP contribution is -2.27. The summed E-state index contributed by atoms with van der Waals surface area (Å²) in [4.78, 5) is 11.3. The summed E-state index contributed by atoms with van der Waals surface area (Å²) >= 11 is 1.20. The summed E-state index contributed by atoms with van der Waals surface area (Å²) in [6.45, 7) is 1.20. The van der Waals surface area contributed by atoms with Crippen LogP contribution in [0.4, 0.5) is 4.39 Å². The molecule has 1 unspecified atom stereocenters. The van der Waals surface area contributed by atoms with Gasteiger partial charge >= 0.3 is 5.97 Å². The Morgan fingerprint density at radius 3 is 2.83 bits per heavy atom. The van der Waals surface area contributed by atoms with Crippen LogP contribution in [0.25, 0.3) is 0 Å². The molecule has 12 heavy (non-hydrogen) atoms. The van der Waals surface area contributed by atoms with Crippen molar-refractivity contribution < 1.29 is 13.9 Å². The summed E-state index contributed by atoms with van der Waals surface area (Å²) in [5, 5.41) is 1.72. The summed E-state index contributed by atoms with van der Waals surface area (Å²) in [6.07, 6.45) is 0. The van der Waals surface area contributed by atoms with Gasteiger partial charge < -0.3 is 4.74 Å². The Morgan fingerprint density at radius 1 is 1.75 bits per heavy atom. The minimum absolute atomic E-state index is 0.370. The number of hydrogen-bond acceptors (Lipinski definition) is 3. The lowest BCUT2D eigenvalue weighted by atomic mass is 10.1. The monoisotopic (exact) mass is 188 g/mol. The molecule has 0 spiro atoms. The van der Waals surface area contributed by atoms with Crippen LogP contribution >= 0.6 is 11.3 Å². The van der Waals surface area contributed by atoms with E-state index in [-0.39, 0.29) is 0 Å². The highest BCUT2D eigenvalue weighted by atomic mass is 32.1. The van der Waals surface area contributed by atoms with E-state index < -0.39 is 11.6 Å². The summed E-state index contributed by atoms with van der Waals surface area (Å²) in [5.74, 6) is -0.857. The number of carbonyl (C=O) groups excluding carboxylic acids is 1. The Hall–Kier alpha value is -0.900. The fourth-order valence-electron chi connectivity index (χ4n) is 0.838. The smallest absolute Gasteiger partial charge is 0.348 e. The van der Waals surface area contributed by atoms with Gasteiger partial charge in [-0.1, -0.05) is 6.07 Å². The molecule has 0 aromatic carbocycles. The molecule has 0 fully saturated rings.